The summed E-state index contributed by atoms with van der Waals surface area (Å²) in [5.41, 5.74) is 2.42. The number of hydrogen-bond acceptors (Lipinski definition) is 3. The van der Waals surface area contributed by atoms with Crippen molar-refractivity contribution in [3.63, 3.8) is 0 Å². The second-order valence-corrected chi connectivity index (χ2v) is 6.73. The van der Waals surface area contributed by atoms with Crippen molar-refractivity contribution in [3.05, 3.63) is 64.7 Å². The molecule has 0 radical (unpaired) electrons. The van der Waals surface area contributed by atoms with Gasteiger partial charge in [-0.05, 0) is 29.3 Å². The molecule has 2 aromatic rings. The fourth-order valence-electron chi connectivity index (χ4n) is 3.54. The van der Waals surface area contributed by atoms with Gasteiger partial charge in [0.2, 0.25) is 0 Å². The van der Waals surface area contributed by atoms with Crippen molar-refractivity contribution in [2.75, 3.05) is 32.8 Å². The van der Waals surface area contributed by atoms with E-state index >= 15 is 0 Å². The van der Waals surface area contributed by atoms with Gasteiger partial charge < -0.3 is 9.64 Å². The van der Waals surface area contributed by atoms with Gasteiger partial charge >= 0.3 is 0 Å². The minimum absolute atomic E-state index is 0.0709. The molecular weight excluding hydrogens is 338 g/mol. The van der Waals surface area contributed by atoms with Gasteiger partial charge in [0.25, 0.3) is 5.91 Å². The van der Waals surface area contributed by atoms with Crippen molar-refractivity contribution in [2.24, 2.45) is 0 Å². The standard InChI is InChI=1S/C20H20F2N2O2/c21-16-2-3-17(18(22)12-16)20(25)24-8-6-23(7-9-24)13-14-1-4-19-15(11-14)5-10-26-19/h1-4,11-12H,5-10,13H2. The lowest BCUT2D eigenvalue weighted by Gasteiger charge is -2.35. The molecule has 0 aromatic heterocycles. The average molecular weight is 358 g/mol. The number of ether oxygens (including phenoxy) is 1. The third-order valence-corrected chi connectivity index (χ3v) is 4.98. The Morgan fingerprint density at radius 3 is 2.62 bits per heavy atom. The van der Waals surface area contributed by atoms with E-state index in [1.54, 1.807) is 4.90 Å². The number of benzene rings is 2. The molecular formula is C20H20F2N2O2. The number of carbonyl (C=O) groups excluding carboxylic acids is 1. The molecule has 2 aliphatic rings. The summed E-state index contributed by atoms with van der Waals surface area (Å²) in [7, 11) is 0. The number of carbonyl (C=O) groups is 1. The molecule has 2 aromatic carbocycles. The summed E-state index contributed by atoms with van der Waals surface area (Å²) in [6.45, 7) is 4.08. The fourth-order valence-corrected chi connectivity index (χ4v) is 3.54. The molecule has 0 atom stereocenters. The minimum Gasteiger partial charge on any atom is -0.493 e. The molecule has 0 aliphatic carbocycles. The Hall–Kier alpha value is -2.47. The van der Waals surface area contributed by atoms with Crippen LogP contribution in [0.5, 0.6) is 5.75 Å². The first-order valence-corrected chi connectivity index (χ1v) is 8.81. The molecule has 6 heteroatoms. The zero-order valence-corrected chi connectivity index (χ0v) is 14.4. The Kier molecular flexibility index (Phi) is 4.59. The summed E-state index contributed by atoms with van der Waals surface area (Å²) in [5, 5.41) is 0. The summed E-state index contributed by atoms with van der Waals surface area (Å²) in [6.07, 6.45) is 0.953. The number of nitrogens with zero attached hydrogens (tertiary/aromatic N) is 2. The normalized spacial score (nSPS) is 17.1. The number of amides is 1. The molecule has 2 heterocycles. The van der Waals surface area contributed by atoms with Crippen LogP contribution in [0.3, 0.4) is 0 Å². The van der Waals surface area contributed by atoms with Gasteiger partial charge in [0.1, 0.15) is 17.4 Å². The largest absolute Gasteiger partial charge is 0.493 e. The van der Waals surface area contributed by atoms with E-state index in [1.807, 2.05) is 6.07 Å². The summed E-state index contributed by atoms with van der Waals surface area (Å²) in [4.78, 5) is 16.4. The maximum Gasteiger partial charge on any atom is 0.256 e. The van der Waals surface area contributed by atoms with E-state index in [-0.39, 0.29) is 11.5 Å². The third-order valence-electron chi connectivity index (χ3n) is 4.98. The lowest BCUT2D eigenvalue weighted by molar-refractivity contribution is 0.0624. The molecule has 26 heavy (non-hydrogen) atoms. The van der Waals surface area contributed by atoms with E-state index in [2.05, 4.69) is 17.0 Å². The summed E-state index contributed by atoms with van der Waals surface area (Å²) in [6, 6.07) is 9.37. The van der Waals surface area contributed by atoms with Gasteiger partial charge in [0, 0.05) is 45.2 Å². The number of halogens is 2. The van der Waals surface area contributed by atoms with Crippen LogP contribution in [-0.4, -0.2) is 48.5 Å². The second kappa shape index (κ2) is 7.03. The summed E-state index contributed by atoms with van der Waals surface area (Å²) < 4.78 is 32.4. The molecule has 0 spiro atoms. The molecule has 1 saturated heterocycles. The molecule has 0 N–H and O–H groups in total. The molecule has 0 unspecified atom stereocenters. The van der Waals surface area contributed by atoms with Crippen molar-refractivity contribution >= 4 is 5.91 Å². The van der Waals surface area contributed by atoms with Crippen LogP contribution in [0.25, 0.3) is 0 Å². The van der Waals surface area contributed by atoms with Gasteiger partial charge in [-0.3, -0.25) is 9.69 Å². The molecule has 1 amide bonds. The van der Waals surface area contributed by atoms with Crippen LogP contribution in [0.15, 0.2) is 36.4 Å². The maximum atomic E-state index is 13.8. The molecule has 2 aliphatic heterocycles. The molecule has 0 saturated carbocycles. The molecule has 4 nitrogen and oxygen atoms in total. The van der Waals surface area contributed by atoms with Gasteiger partial charge in [0.05, 0.1) is 12.2 Å². The average Bonchev–Trinajstić information content (AvgIpc) is 3.10. The van der Waals surface area contributed by atoms with E-state index in [0.717, 1.165) is 50.5 Å². The first-order chi connectivity index (χ1) is 12.6. The number of rotatable bonds is 3. The zero-order valence-electron chi connectivity index (χ0n) is 14.4. The predicted molar refractivity (Wildman–Crippen MR) is 93.2 cm³/mol. The topological polar surface area (TPSA) is 32.8 Å². The molecule has 0 bridgehead atoms. The highest BCUT2D eigenvalue weighted by atomic mass is 19.1. The van der Waals surface area contributed by atoms with Crippen molar-refractivity contribution in [2.45, 2.75) is 13.0 Å². The summed E-state index contributed by atoms with van der Waals surface area (Å²) >= 11 is 0. The molecule has 4 rings (SSSR count). The van der Waals surface area contributed by atoms with E-state index < -0.39 is 11.6 Å². The third kappa shape index (κ3) is 3.42. The van der Waals surface area contributed by atoms with Crippen molar-refractivity contribution in [1.29, 1.82) is 0 Å². The zero-order chi connectivity index (χ0) is 18.1. The van der Waals surface area contributed by atoms with Gasteiger partial charge in [0.15, 0.2) is 0 Å². The SMILES string of the molecule is O=C(c1ccc(F)cc1F)N1CCN(Cc2ccc3c(c2)CCO3)CC1. The second-order valence-electron chi connectivity index (χ2n) is 6.73. The van der Waals surface area contributed by atoms with Gasteiger partial charge in [-0.25, -0.2) is 8.78 Å². The first-order valence-electron chi connectivity index (χ1n) is 8.81. The van der Waals surface area contributed by atoms with Crippen molar-refractivity contribution < 1.29 is 18.3 Å². The number of hydrogen-bond donors (Lipinski definition) is 0. The Morgan fingerprint density at radius 2 is 1.85 bits per heavy atom. The summed E-state index contributed by atoms with van der Waals surface area (Å²) in [5.74, 6) is -0.885. The van der Waals surface area contributed by atoms with E-state index in [4.69, 9.17) is 4.74 Å². The fraction of sp³-hybridized carbons (Fsp3) is 0.350. The monoisotopic (exact) mass is 358 g/mol. The van der Waals surface area contributed by atoms with Crippen LogP contribution in [0.2, 0.25) is 0 Å². The van der Waals surface area contributed by atoms with Crippen LogP contribution in [-0.2, 0) is 13.0 Å². The van der Waals surface area contributed by atoms with Crippen molar-refractivity contribution in [3.8, 4) is 5.75 Å². The van der Waals surface area contributed by atoms with Gasteiger partial charge in [-0.1, -0.05) is 12.1 Å². The molecule has 136 valence electrons. The highest BCUT2D eigenvalue weighted by Gasteiger charge is 2.24. The minimum atomic E-state index is -0.808. The Labute approximate surface area is 151 Å². The van der Waals surface area contributed by atoms with Crippen LogP contribution < -0.4 is 4.74 Å². The Morgan fingerprint density at radius 1 is 1.04 bits per heavy atom. The van der Waals surface area contributed by atoms with Gasteiger partial charge in [-0.2, -0.15) is 0 Å². The van der Waals surface area contributed by atoms with Crippen LogP contribution in [0.1, 0.15) is 21.5 Å². The van der Waals surface area contributed by atoms with E-state index in [1.165, 1.54) is 17.2 Å². The highest BCUT2D eigenvalue weighted by molar-refractivity contribution is 5.94. The predicted octanol–water partition coefficient (Wildman–Crippen LogP) is 2.86. The van der Waals surface area contributed by atoms with Crippen LogP contribution in [0, 0.1) is 11.6 Å². The molecule has 1 fully saturated rings. The number of fused-ring (bicyclic) bond motifs is 1. The maximum absolute atomic E-state index is 13.8. The van der Waals surface area contributed by atoms with Crippen LogP contribution in [0.4, 0.5) is 8.78 Å². The quantitative estimate of drug-likeness (QED) is 0.846. The first kappa shape index (κ1) is 17.0. The highest BCUT2D eigenvalue weighted by Crippen LogP contribution is 2.26. The number of piperazine rings is 1. The smallest absolute Gasteiger partial charge is 0.256 e. The lowest BCUT2D eigenvalue weighted by atomic mass is 10.1. The van der Waals surface area contributed by atoms with Crippen LogP contribution >= 0.6 is 0 Å². The Balaban J connectivity index is 1.36. The Bertz CT molecular complexity index is 833. The van der Waals surface area contributed by atoms with Gasteiger partial charge in [-0.15, -0.1) is 0 Å². The lowest BCUT2D eigenvalue weighted by Crippen LogP contribution is -2.48. The van der Waals surface area contributed by atoms with Crippen molar-refractivity contribution in [1.82, 2.24) is 9.80 Å². The van der Waals surface area contributed by atoms with E-state index in [9.17, 15) is 13.6 Å². The van der Waals surface area contributed by atoms with E-state index in [0.29, 0.717) is 13.1 Å².